The van der Waals surface area contributed by atoms with Crippen molar-refractivity contribution in [3.05, 3.63) is 41.8 Å². The Morgan fingerprint density at radius 2 is 2.06 bits per heavy atom. The molecule has 0 unspecified atom stereocenters. The van der Waals surface area contributed by atoms with Crippen LogP contribution >= 0.6 is 0 Å². The van der Waals surface area contributed by atoms with Gasteiger partial charge in [0.2, 0.25) is 5.89 Å². The minimum absolute atomic E-state index is 0.141. The summed E-state index contributed by atoms with van der Waals surface area (Å²) < 4.78 is 5.05. The average molecular weight is 219 g/mol. The molecule has 0 fully saturated rings. The van der Waals surface area contributed by atoms with Gasteiger partial charge in [0, 0.05) is 31.8 Å². The van der Waals surface area contributed by atoms with Crippen molar-refractivity contribution in [3.8, 4) is 0 Å². The number of pyridine rings is 1. The van der Waals surface area contributed by atoms with Gasteiger partial charge in [-0.25, -0.2) is 0 Å². The van der Waals surface area contributed by atoms with Gasteiger partial charge in [0.05, 0.1) is 0 Å². The Balaban J connectivity index is 1.97. The molecule has 2 rings (SSSR count). The molecule has 84 valence electrons. The van der Waals surface area contributed by atoms with E-state index in [4.69, 9.17) is 9.63 Å². The lowest BCUT2D eigenvalue weighted by atomic mass is 10.2. The maximum Gasteiger partial charge on any atom is 0.226 e. The van der Waals surface area contributed by atoms with Gasteiger partial charge in [-0.3, -0.25) is 4.98 Å². The fourth-order valence-corrected chi connectivity index (χ4v) is 1.38. The largest absolute Gasteiger partial charge is 0.396 e. The van der Waals surface area contributed by atoms with Crippen molar-refractivity contribution >= 4 is 0 Å². The van der Waals surface area contributed by atoms with E-state index in [2.05, 4.69) is 15.1 Å². The summed E-state index contributed by atoms with van der Waals surface area (Å²) in [5, 5.41) is 12.5. The molecular weight excluding hydrogens is 206 g/mol. The predicted octanol–water partition coefficient (Wildman–Crippen LogP) is 0.980. The summed E-state index contributed by atoms with van der Waals surface area (Å²) in [4.78, 5) is 8.17. The molecule has 0 radical (unpaired) electrons. The Kier molecular flexibility index (Phi) is 3.61. The molecule has 0 amide bonds. The summed E-state index contributed by atoms with van der Waals surface area (Å²) in [6.45, 7) is 0.141. The van der Waals surface area contributed by atoms with Gasteiger partial charge < -0.3 is 9.63 Å². The van der Waals surface area contributed by atoms with Crippen molar-refractivity contribution in [2.45, 2.75) is 19.3 Å². The van der Waals surface area contributed by atoms with E-state index in [1.807, 2.05) is 12.1 Å². The molecule has 0 saturated carbocycles. The first-order valence-electron chi connectivity index (χ1n) is 5.19. The van der Waals surface area contributed by atoms with Crippen LogP contribution in [-0.2, 0) is 12.8 Å². The third-order valence-electron chi connectivity index (χ3n) is 2.17. The number of rotatable bonds is 5. The van der Waals surface area contributed by atoms with Crippen molar-refractivity contribution in [1.82, 2.24) is 15.1 Å². The Morgan fingerprint density at radius 3 is 2.81 bits per heavy atom. The van der Waals surface area contributed by atoms with Crippen LogP contribution in [0.15, 0.2) is 29.0 Å². The molecule has 0 spiro atoms. The van der Waals surface area contributed by atoms with Gasteiger partial charge in [0.1, 0.15) is 0 Å². The minimum Gasteiger partial charge on any atom is -0.396 e. The van der Waals surface area contributed by atoms with E-state index < -0.39 is 0 Å². The molecule has 5 heteroatoms. The highest BCUT2D eigenvalue weighted by molar-refractivity contribution is 5.14. The molecule has 2 aromatic rings. The fraction of sp³-hybridized carbons (Fsp3) is 0.364. The van der Waals surface area contributed by atoms with Crippen LogP contribution in [0.4, 0.5) is 0 Å². The molecule has 2 aromatic heterocycles. The SMILES string of the molecule is OCCCc1nc(Cc2ccncc2)no1. The van der Waals surface area contributed by atoms with Crippen LogP contribution < -0.4 is 0 Å². The number of aromatic nitrogens is 3. The topological polar surface area (TPSA) is 72.0 Å². The second-order valence-corrected chi connectivity index (χ2v) is 3.46. The lowest BCUT2D eigenvalue weighted by Gasteiger charge is -1.93. The molecule has 2 heterocycles. The predicted molar refractivity (Wildman–Crippen MR) is 56.7 cm³/mol. The first-order chi connectivity index (χ1) is 7.88. The van der Waals surface area contributed by atoms with E-state index in [-0.39, 0.29) is 6.61 Å². The highest BCUT2D eigenvalue weighted by atomic mass is 16.5. The maximum absolute atomic E-state index is 8.67. The maximum atomic E-state index is 8.67. The number of aliphatic hydroxyl groups is 1. The van der Waals surface area contributed by atoms with Gasteiger partial charge in [0.15, 0.2) is 5.82 Å². The first-order valence-corrected chi connectivity index (χ1v) is 5.19. The molecule has 0 aliphatic heterocycles. The molecule has 1 N–H and O–H groups in total. The molecule has 0 atom stereocenters. The number of hydrogen-bond donors (Lipinski definition) is 1. The van der Waals surface area contributed by atoms with E-state index >= 15 is 0 Å². The zero-order chi connectivity index (χ0) is 11.2. The van der Waals surface area contributed by atoms with Crippen LogP contribution in [0.2, 0.25) is 0 Å². The van der Waals surface area contributed by atoms with Gasteiger partial charge in [-0.15, -0.1) is 0 Å². The van der Waals surface area contributed by atoms with E-state index in [0.29, 0.717) is 31.0 Å². The van der Waals surface area contributed by atoms with Crippen molar-refractivity contribution in [2.24, 2.45) is 0 Å². The van der Waals surface area contributed by atoms with Gasteiger partial charge in [-0.05, 0) is 24.1 Å². The summed E-state index contributed by atoms with van der Waals surface area (Å²) in [7, 11) is 0. The van der Waals surface area contributed by atoms with Crippen LogP contribution in [0.3, 0.4) is 0 Å². The third-order valence-corrected chi connectivity index (χ3v) is 2.17. The van der Waals surface area contributed by atoms with Crippen molar-refractivity contribution in [3.63, 3.8) is 0 Å². The normalized spacial score (nSPS) is 10.6. The van der Waals surface area contributed by atoms with E-state index in [0.717, 1.165) is 5.56 Å². The molecule has 0 aliphatic carbocycles. The second-order valence-electron chi connectivity index (χ2n) is 3.46. The molecular formula is C11H13N3O2. The summed E-state index contributed by atoms with van der Waals surface area (Å²) in [6.07, 6.45) is 5.39. The van der Waals surface area contributed by atoms with E-state index in [9.17, 15) is 0 Å². The van der Waals surface area contributed by atoms with Gasteiger partial charge in [-0.1, -0.05) is 5.16 Å². The standard InChI is InChI=1S/C11H13N3O2/c15-7-1-2-11-13-10(14-16-11)8-9-3-5-12-6-4-9/h3-6,15H,1-2,7-8H2. The van der Waals surface area contributed by atoms with Gasteiger partial charge in [0.25, 0.3) is 0 Å². The summed E-state index contributed by atoms with van der Waals surface area (Å²) in [5.41, 5.74) is 1.10. The Bertz CT molecular complexity index is 428. The van der Waals surface area contributed by atoms with Gasteiger partial charge in [-0.2, -0.15) is 4.98 Å². The van der Waals surface area contributed by atoms with Crippen LogP contribution in [0.1, 0.15) is 23.7 Å². The number of nitrogens with zero attached hydrogens (tertiary/aromatic N) is 3. The minimum atomic E-state index is 0.141. The Labute approximate surface area is 93.1 Å². The van der Waals surface area contributed by atoms with Crippen molar-refractivity contribution in [1.29, 1.82) is 0 Å². The third kappa shape index (κ3) is 2.87. The Hall–Kier alpha value is -1.75. The number of hydrogen-bond acceptors (Lipinski definition) is 5. The van der Waals surface area contributed by atoms with Crippen LogP contribution in [0.5, 0.6) is 0 Å². The smallest absolute Gasteiger partial charge is 0.226 e. The van der Waals surface area contributed by atoms with E-state index in [1.165, 1.54) is 0 Å². The average Bonchev–Trinajstić information content (AvgIpc) is 2.75. The number of aliphatic hydroxyl groups excluding tert-OH is 1. The second kappa shape index (κ2) is 5.37. The summed E-state index contributed by atoms with van der Waals surface area (Å²) in [5.74, 6) is 1.25. The molecule has 0 aromatic carbocycles. The molecule has 0 bridgehead atoms. The zero-order valence-corrected chi connectivity index (χ0v) is 8.83. The summed E-state index contributed by atoms with van der Waals surface area (Å²) >= 11 is 0. The molecule has 16 heavy (non-hydrogen) atoms. The molecule has 5 nitrogen and oxygen atoms in total. The van der Waals surface area contributed by atoms with Gasteiger partial charge >= 0.3 is 0 Å². The zero-order valence-electron chi connectivity index (χ0n) is 8.83. The number of aryl methyl sites for hydroxylation is 1. The first kappa shape index (κ1) is 10.8. The van der Waals surface area contributed by atoms with Crippen LogP contribution in [0.25, 0.3) is 0 Å². The van der Waals surface area contributed by atoms with Crippen LogP contribution in [0, 0.1) is 0 Å². The van der Waals surface area contributed by atoms with Crippen molar-refractivity contribution in [2.75, 3.05) is 6.61 Å². The fourth-order valence-electron chi connectivity index (χ4n) is 1.38. The van der Waals surface area contributed by atoms with E-state index in [1.54, 1.807) is 12.4 Å². The van der Waals surface area contributed by atoms with Crippen LogP contribution in [-0.4, -0.2) is 26.8 Å². The highest BCUT2D eigenvalue weighted by Crippen LogP contribution is 2.06. The lowest BCUT2D eigenvalue weighted by molar-refractivity contribution is 0.278. The quantitative estimate of drug-likeness (QED) is 0.811. The molecule has 0 aliphatic rings. The molecule has 0 saturated heterocycles. The monoisotopic (exact) mass is 219 g/mol. The highest BCUT2D eigenvalue weighted by Gasteiger charge is 2.06. The van der Waals surface area contributed by atoms with Crippen molar-refractivity contribution < 1.29 is 9.63 Å². The Morgan fingerprint density at radius 1 is 1.25 bits per heavy atom. The lowest BCUT2D eigenvalue weighted by Crippen LogP contribution is -1.93. The summed E-state index contributed by atoms with van der Waals surface area (Å²) in [6, 6.07) is 3.84.